The number of aromatic nitrogens is 2. The average Bonchev–Trinajstić information content (AvgIpc) is 2.32. The molecule has 20 heavy (non-hydrogen) atoms. The van der Waals surface area contributed by atoms with Crippen molar-refractivity contribution in [2.75, 3.05) is 17.2 Å². The molecule has 1 fully saturated rings. The van der Waals surface area contributed by atoms with Crippen molar-refractivity contribution < 1.29 is 0 Å². The fraction of sp³-hybridized carbons (Fsp3) is 0.750. The number of piperidine rings is 1. The summed E-state index contributed by atoms with van der Waals surface area (Å²) in [5.74, 6) is 3.74. The van der Waals surface area contributed by atoms with Gasteiger partial charge in [0.2, 0.25) is 0 Å². The summed E-state index contributed by atoms with van der Waals surface area (Å²) in [6, 6.07) is 2.41. The fourth-order valence-corrected chi connectivity index (χ4v) is 2.95. The normalized spacial score (nSPS) is 27.7. The lowest BCUT2D eigenvalue weighted by atomic mass is 9.86. The SMILES string of the molecule is CC1CC(C)C(C)N(c2cc(N)nc(C(C)(C)C)n2)C1. The summed E-state index contributed by atoms with van der Waals surface area (Å²) in [6.45, 7) is 14.3. The predicted molar refractivity (Wildman–Crippen MR) is 84.9 cm³/mol. The first-order valence-electron chi connectivity index (χ1n) is 7.60. The highest BCUT2D eigenvalue weighted by molar-refractivity contribution is 5.49. The molecule has 0 spiro atoms. The Labute approximate surface area is 122 Å². The number of nitrogen functional groups attached to an aromatic ring is 1. The van der Waals surface area contributed by atoms with Crippen LogP contribution in [0, 0.1) is 11.8 Å². The van der Waals surface area contributed by atoms with Gasteiger partial charge < -0.3 is 10.6 Å². The minimum Gasteiger partial charge on any atom is -0.384 e. The van der Waals surface area contributed by atoms with E-state index in [0.29, 0.717) is 23.7 Å². The topological polar surface area (TPSA) is 55.0 Å². The summed E-state index contributed by atoms with van der Waals surface area (Å²) in [7, 11) is 0. The Morgan fingerprint density at radius 1 is 1.20 bits per heavy atom. The lowest BCUT2D eigenvalue weighted by molar-refractivity contribution is 0.295. The monoisotopic (exact) mass is 276 g/mol. The molecule has 2 heterocycles. The summed E-state index contributed by atoms with van der Waals surface area (Å²) >= 11 is 0. The van der Waals surface area contributed by atoms with Crippen LogP contribution >= 0.6 is 0 Å². The Morgan fingerprint density at radius 2 is 1.85 bits per heavy atom. The summed E-state index contributed by atoms with van der Waals surface area (Å²) < 4.78 is 0. The van der Waals surface area contributed by atoms with E-state index in [4.69, 9.17) is 10.7 Å². The lowest BCUT2D eigenvalue weighted by Gasteiger charge is -2.42. The van der Waals surface area contributed by atoms with Crippen LogP contribution in [0.1, 0.15) is 53.8 Å². The van der Waals surface area contributed by atoms with E-state index in [-0.39, 0.29) is 5.41 Å². The van der Waals surface area contributed by atoms with Gasteiger partial charge in [-0.2, -0.15) is 0 Å². The van der Waals surface area contributed by atoms with E-state index < -0.39 is 0 Å². The number of nitrogens with two attached hydrogens (primary N) is 1. The largest absolute Gasteiger partial charge is 0.384 e. The standard InChI is InChI=1S/C16H28N4/c1-10-7-11(2)12(3)20(9-10)14-8-13(17)18-15(19-14)16(4,5)6/h8,10-12H,7,9H2,1-6H3,(H2,17,18,19). The van der Waals surface area contributed by atoms with Gasteiger partial charge in [0.15, 0.2) is 0 Å². The second-order valence-electron chi connectivity index (χ2n) is 7.44. The molecule has 0 aliphatic carbocycles. The van der Waals surface area contributed by atoms with Gasteiger partial charge >= 0.3 is 0 Å². The Morgan fingerprint density at radius 3 is 2.45 bits per heavy atom. The zero-order valence-corrected chi connectivity index (χ0v) is 13.6. The zero-order chi connectivity index (χ0) is 15.1. The molecule has 4 heteroatoms. The molecule has 112 valence electrons. The highest BCUT2D eigenvalue weighted by Crippen LogP contribution is 2.32. The quantitative estimate of drug-likeness (QED) is 0.855. The van der Waals surface area contributed by atoms with Crippen molar-refractivity contribution in [2.24, 2.45) is 11.8 Å². The van der Waals surface area contributed by atoms with Crippen LogP contribution in [0.25, 0.3) is 0 Å². The van der Waals surface area contributed by atoms with Crippen molar-refractivity contribution in [3.8, 4) is 0 Å². The Kier molecular flexibility index (Phi) is 3.94. The van der Waals surface area contributed by atoms with Gasteiger partial charge in [0.05, 0.1) is 0 Å². The molecule has 1 saturated heterocycles. The molecule has 2 N–H and O–H groups in total. The Balaban J connectivity index is 2.39. The van der Waals surface area contributed by atoms with Crippen molar-refractivity contribution in [1.29, 1.82) is 0 Å². The molecular weight excluding hydrogens is 248 g/mol. The summed E-state index contributed by atoms with van der Waals surface area (Å²) in [6.07, 6.45) is 1.28. The predicted octanol–water partition coefficient (Wildman–Crippen LogP) is 3.23. The third-order valence-electron chi connectivity index (χ3n) is 4.30. The van der Waals surface area contributed by atoms with Crippen molar-refractivity contribution in [3.05, 3.63) is 11.9 Å². The molecule has 0 aromatic carbocycles. The van der Waals surface area contributed by atoms with Gasteiger partial charge in [0, 0.05) is 24.1 Å². The number of anilines is 2. The third kappa shape index (κ3) is 3.05. The molecule has 4 nitrogen and oxygen atoms in total. The van der Waals surface area contributed by atoms with E-state index in [1.54, 1.807) is 0 Å². The summed E-state index contributed by atoms with van der Waals surface area (Å²) in [5, 5.41) is 0. The van der Waals surface area contributed by atoms with Gasteiger partial charge in [-0.15, -0.1) is 0 Å². The molecule has 1 aromatic heterocycles. The number of rotatable bonds is 1. The molecule has 3 atom stereocenters. The van der Waals surface area contributed by atoms with Gasteiger partial charge in [-0.3, -0.25) is 0 Å². The second-order valence-corrected chi connectivity index (χ2v) is 7.44. The van der Waals surface area contributed by atoms with E-state index in [1.165, 1.54) is 6.42 Å². The van der Waals surface area contributed by atoms with E-state index in [1.807, 2.05) is 6.07 Å². The lowest BCUT2D eigenvalue weighted by Crippen LogP contribution is -2.46. The minimum atomic E-state index is -0.0829. The third-order valence-corrected chi connectivity index (χ3v) is 4.30. The first-order valence-corrected chi connectivity index (χ1v) is 7.60. The first kappa shape index (κ1) is 15.1. The molecule has 1 aromatic rings. The molecule has 0 bridgehead atoms. The average molecular weight is 276 g/mol. The van der Waals surface area contributed by atoms with Crippen LogP contribution in [-0.4, -0.2) is 22.6 Å². The maximum Gasteiger partial charge on any atom is 0.138 e. The zero-order valence-electron chi connectivity index (χ0n) is 13.6. The van der Waals surface area contributed by atoms with Crippen LogP contribution in [0.5, 0.6) is 0 Å². The Bertz CT molecular complexity index is 478. The highest BCUT2D eigenvalue weighted by atomic mass is 15.2. The molecule has 1 aliphatic heterocycles. The molecule has 0 amide bonds. The number of nitrogens with zero attached hydrogens (tertiary/aromatic N) is 3. The van der Waals surface area contributed by atoms with Gasteiger partial charge in [-0.25, -0.2) is 9.97 Å². The van der Waals surface area contributed by atoms with Gasteiger partial charge in [0.25, 0.3) is 0 Å². The molecule has 1 aliphatic rings. The van der Waals surface area contributed by atoms with Gasteiger partial charge in [-0.05, 0) is 25.2 Å². The smallest absolute Gasteiger partial charge is 0.138 e. The molecule has 2 rings (SSSR count). The second kappa shape index (κ2) is 5.23. The van der Waals surface area contributed by atoms with Crippen molar-refractivity contribution in [1.82, 2.24) is 9.97 Å². The van der Waals surface area contributed by atoms with Crippen LogP contribution in [-0.2, 0) is 5.41 Å². The summed E-state index contributed by atoms with van der Waals surface area (Å²) in [5.41, 5.74) is 5.92. The maximum absolute atomic E-state index is 6.00. The maximum atomic E-state index is 6.00. The van der Waals surface area contributed by atoms with Crippen molar-refractivity contribution >= 4 is 11.6 Å². The number of hydrogen-bond acceptors (Lipinski definition) is 4. The van der Waals surface area contributed by atoms with E-state index in [2.05, 4.69) is 51.4 Å². The molecule has 0 radical (unpaired) electrons. The summed E-state index contributed by atoms with van der Waals surface area (Å²) in [4.78, 5) is 11.6. The van der Waals surface area contributed by atoms with Gasteiger partial charge in [-0.1, -0.05) is 34.6 Å². The van der Waals surface area contributed by atoms with Crippen LogP contribution in [0.2, 0.25) is 0 Å². The van der Waals surface area contributed by atoms with Crippen LogP contribution in [0.4, 0.5) is 11.6 Å². The van der Waals surface area contributed by atoms with E-state index in [0.717, 1.165) is 18.2 Å². The molecular formula is C16H28N4. The van der Waals surface area contributed by atoms with Crippen molar-refractivity contribution in [2.45, 2.75) is 59.4 Å². The van der Waals surface area contributed by atoms with Crippen molar-refractivity contribution in [3.63, 3.8) is 0 Å². The van der Waals surface area contributed by atoms with Crippen LogP contribution in [0.15, 0.2) is 6.07 Å². The highest BCUT2D eigenvalue weighted by Gasteiger charge is 2.30. The number of hydrogen-bond donors (Lipinski definition) is 1. The molecule has 3 unspecified atom stereocenters. The van der Waals surface area contributed by atoms with Crippen LogP contribution < -0.4 is 10.6 Å². The van der Waals surface area contributed by atoms with E-state index >= 15 is 0 Å². The van der Waals surface area contributed by atoms with Gasteiger partial charge in [0.1, 0.15) is 17.5 Å². The fourth-order valence-electron chi connectivity index (χ4n) is 2.95. The van der Waals surface area contributed by atoms with Crippen LogP contribution in [0.3, 0.4) is 0 Å². The minimum absolute atomic E-state index is 0.0829. The Hall–Kier alpha value is -1.32. The first-order chi connectivity index (χ1) is 9.18. The molecule has 0 saturated carbocycles. The van der Waals surface area contributed by atoms with E-state index in [9.17, 15) is 0 Å².